The third-order valence-electron chi connectivity index (χ3n) is 1.98. The summed E-state index contributed by atoms with van der Waals surface area (Å²) in [7, 11) is -0.962. The number of carbonyl (C=O) groups is 1. The molecule has 0 radical (unpaired) electrons. The molecule has 0 aromatic carbocycles. The Balaban J connectivity index is 4.26. The average molecular weight is 267 g/mol. The van der Waals surface area contributed by atoms with Crippen LogP contribution in [0, 0.1) is 0 Å². The molecule has 0 aliphatic heterocycles. The quantitative estimate of drug-likeness (QED) is 0.579. The fourth-order valence-electron chi connectivity index (χ4n) is 0.858. The first-order valence-corrected chi connectivity index (χ1v) is 6.59. The molecule has 3 N–H and O–H groups in total. The number of nitrogens with two attached hydrogens (primary N) is 1. The maximum atomic E-state index is 11.7. The van der Waals surface area contributed by atoms with Gasteiger partial charge in [-0.05, 0) is 13.8 Å². The van der Waals surface area contributed by atoms with E-state index in [0.717, 1.165) is 4.31 Å². The molecule has 17 heavy (non-hydrogen) atoms. The number of nitrogens with one attached hydrogen (secondary N) is 1. The molecule has 0 spiro atoms. The van der Waals surface area contributed by atoms with E-state index < -0.39 is 21.7 Å². The predicted molar refractivity (Wildman–Crippen MR) is 64.5 cm³/mol. The lowest BCUT2D eigenvalue weighted by Gasteiger charge is -2.22. The molecular weight excluding hydrogens is 246 g/mol. The zero-order valence-corrected chi connectivity index (χ0v) is 11.5. The molecule has 0 amide bonds. The first kappa shape index (κ1) is 16.3. The Morgan fingerprint density at radius 2 is 2.00 bits per heavy atom. The standard InChI is InChI=1S/C9H21N3O4S/c1-9(2,10)7-11-17(14,15)12(3)6-5-8(13)16-4/h11H,5-7,10H2,1-4H3. The third-order valence-corrected chi connectivity index (χ3v) is 3.49. The average Bonchev–Trinajstić information content (AvgIpc) is 2.21. The predicted octanol–water partition coefficient (Wildman–Crippen LogP) is -0.947. The molecule has 0 unspecified atom stereocenters. The number of hydrogen-bond donors (Lipinski definition) is 2. The Labute approximate surface area is 102 Å². The minimum absolute atomic E-state index is 0.0138. The van der Waals surface area contributed by atoms with Crippen LogP contribution in [0.4, 0.5) is 0 Å². The highest BCUT2D eigenvalue weighted by Gasteiger charge is 2.21. The number of nitrogens with zero attached hydrogens (tertiary/aromatic N) is 1. The monoisotopic (exact) mass is 267 g/mol. The van der Waals surface area contributed by atoms with Crippen molar-refractivity contribution in [2.24, 2.45) is 5.73 Å². The SMILES string of the molecule is COC(=O)CCN(C)S(=O)(=O)NCC(C)(C)N. The van der Waals surface area contributed by atoms with E-state index in [1.807, 2.05) is 0 Å². The van der Waals surface area contributed by atoms with E-state index in [2.05, 4.69) is 9.46 Å². The van der Waals surface area contributed by atoms with Gasteiger partial charge in [0, 0.05) is 25.7 Å². The van der Waals surface area contributed by atoms with Crippen molar-refractivity contribution >= 4 is 16.2 Å². The van der Waals surface area contributed by atoms with Crippen molar-refractivity contribution in [1.82, 2.24) is 9.03 Å². The van der Waals surface area contributed by atoms with Gasteiger partial charge in [-0.15, -0.1) is 0 Å². The highest BCUT2D eigenvalue weighted by Crippen LogP contribution is 2.00. The largest absolute Gasteiger partial charge is 0.469 e. The fourth-order valence-corrected chi connectivity index (χ4v) is 1.96. The second-order valence-corrected chi connectivity index (χ2v) is 6.32. The summed E-state index contributed by atoms with van der Waals surface area (Å²) in [5.74, 6) is -0.453. The van der Waals surface area contributed by atoms with Gasteiger partial charge in [0.25, 0.3) is 10.2 Å². The topological polar surface area (TPSA) is 102 Å². The summed E-state index contributed by atoms with van der Waals surface area (Å²) in [6.45, 7) is 3.61. The molecule has 0 saturated heterocycles. The van der Waals surface area contributed by atoms with Gasteiger partial charge in [0.05, 0.1) is 13.5 Å². The summed E-state index contributed by atoms with van der Waals surface area (Å²) in [6.07, 6.45) is 0.0138. The van der Waals surface area contributed by atoms with Crippen molar-refractivity contribution < 1.29 is 17.9 Å². The van der Waals surface area contributed by atoms with Gasteiger partial charge < -0.3 is 10.5 Å². The summed E-state index contributed by atoms with van der Waals surface area (Å²) in [5, 5.41) is 0. The number of methoxy groups -OCH3 is 1. The van der Waals surface area contributed by atoms with E-state index in [-0.39, 0.29) is 19.5 Å². The molecule has 0 aliphatic rings. The highest BCUT2D eigenvalue weighted by molar-refractivity contribution is 7.87. The van der Waals surface area contributed by atoms with Gasteiger partial charge in [-0.25, -0.2) is 4.72 Å². The van der Waals surface area contributed by atoms with E-state index in [0.29, 0.717) is 0 Å². The van der Waals surface area contributed by atoms with Crippen LogP contribution < -0.4 is 10.5 Å². The maximum absolute atomic E-state index is 11.7. The molecule has 0 rings (SSSR count). The van der Waals surface area contributed by atoms with Gasteiger partial charge >= 0.3 is 5.97 Å². The van der Waals surface area contributed by atoms with Crippen LogP contribution in [0.25, 0.3) is 0 Å². The molecule has 0 aliphatic carbocycles. The molecule has 0 aromatic heterocycles. The van der Waals surface area contributed by atoms with Gasteiger partial charge in [0.1, 0.15) is 0 Å². The van der Waals surface area contributed by atoms with Gasteiger partial charge in [0.2, 0.25) is 0 Å². The Bertz CT molecular complexity index is 348. The number of carbonyl (C=O) groups excluding carboxylic acids is 1. The van der Waals surface area contributed by atoms with Gasteiger partial charge in [-0.1, -0.05) is 0 Å². The summed E-state index contributed by atoms with van der Waals surface area (Å²) in [4.78, 5) is 10.9. The number of ether oxygens (including phenoxy) is 1. The van der Waals surface area contributed by atoms with Crippen molar-refractivity contribution in [3.8, 4) is 0 Å². The molecule has 0 atom stereocenters. The molecule has 8 heteroatoms. The number of rotatable bonds is 7. The zero-order chi connectivity index (χ0) is 13.7. The van der Waals surface area contributed by atoms with E-state index in [1.165, 1.54) is 14.2 Å². The molecular formula is C9H21N3O4S. The van der Waals surface area contributed by atoms with Crippen LogP contribution in [0.3, 0.4) is 0 Å². The second-order valence-electron chi connectivity index (χ2n) is 4.46. The van der Waals surface area contributed by atoms with Crippen molar-refractivity contribution in [3.05, 3.63) is 0 Å². The Hall–Kier alpha value is -0.700. The van der Waals surface area contributed by atoms with Gasteiger partial charge in [-0.2, -0.15) is 12.7 Å². The third kappa shape index (κ3) is 7.27. The van der Waals surface area contributed by atoms with E-state index >= 15 is 0 Å². The lowest BCUT2D eigenvalue weighted by atomic mass is 10.1. The molecule has 0 fully saturated rings. The van der Waals surface area contributed by atoms with Crippen molar-refractivity contribution in [2.75, 3.05) is 27.2 Å². The van der Waals surface area contributed by atoms with E-state index in [4.69, 9.17) is 5.73 Å². The maximum Gasteiger partial charge on any atom is 0.306 e. The van der Waals surface area contributed by atoms with Crippen LogP contribution >= 0.6 is 0 Å². The van der Waals surface area contributed by atoms with Crippen LogP contribution in [-0.2, 0) is 19.7 Å². The lowest BCUT2D eigenvalue weighted by Crippen LogP contribution is -2.49. The normalized spacial score (nSPS) is 12.8. The minimum Gasteiger partial charge on any atom is -0.469 e. The van der Waals surface area contributed by atoms with E-state index in [1.54, 1.807) is 13.8 Å². The van der Waals surface area contributed by atoms with Crippen LogP contribution in [0.2, 0.25) is 0 Å². The Morgan fingerprint density at radius 3 is 2.41 bits per heavy atom. The Kier molecular flexibility index (Phi) is 6.03. The van der Waals surface area contributed by atoms with Crippen LogP contribution in [0.5, 0.6) is 0 Å². The number of esters is 1. The van der Waals surface area contributed by atoms with Crippen molar-refractivity contribution in [3.63, 3.8) is 0 Å². The van der Waals surface area contributed by atoms with Crippen LogP contribution in [-0.4, -0.2) is 51.5 Å². The summed E-state index contributed by atoms with van der Waals surface area (Å²) >= 11 is 0. The molecule has 102 valence electrons. The first-order valence-electron chi connectivity index (χ1n) is 5.15. The van der Waals surface area contributed by atoms with Gasteiger partial charge in [0.15, 0.2) is 0 Å². The van der Waals surface area contributed by atoms with Crippen LogP contribution in [0.1, 0.15) is 20.3 Å². The van der Waals surface area contributed by atoms with Crippen LogP contribution in [0.15, 0.2) is 0 Å². The number of hydrogen-bond acceptors (Lipinski definition) is 5. The molecule has 0 heterocycles. The lowest BCUT2D eigenvalue weighted by molar-refractivity contribution is -0.140. The minimum atomic E-state index is -3.60. The summed E-state index contributed by atoms with van der Waals surface area (Å²) in [6, 6.07) is 0. The first-order chi connectivity index (χ1) is 7.58. The highest BCUT2D eigenvalue weighted by atomic mass is 32.2. The van der Waals surface area contributed by atoms with Gasteiger partial charge in [-0.3, -0.25) is 4.79 Å². The molecule has 0 aromatic rings. The zero-order valence-electron chi connectivity index (χ0n) is 10.7. The fraction of sp³-hybridized carbons (Fsp3) is 0.889. The Morgan fingerprint density at radius 1 is 1.47 bits per heavy atom. The van der Waals surface area contributed by atoms with E-state index in [9.17, 15) is 13.2 Å². The van der Waals surface area contributed by atoms with Crippen molar-refractivity contribution in [1.29, 1.82) is 0 Å². The smallest absolute Gasteiger partial charge is 0.306 e. The second kappa shape index (κ2) is 6.29. The summed E-state index contributed by atoms with van der Waals surface area (Å²) in [5.41, 5.74) is 5.04. The molecule has 7 nitrogen and oxygen atoms in total. The van der Waals surface area contributed by atoms with Crippen molar-refractivity contribution in [2.45, 2.75) is 25.8 Å². The molecule has 0 bridgehead atoms. The summed E-state index contributed by atoms with van der Waals surface area (Å²) < 4.78 is 31.2. The molecule has 0 saturated carbocycles.